The number of hydrogen-bond acceptors (Lipinski definition) is 3. The Bertz CT molecular complexity index is 607. The zero-order chi connectivity index (χ0) is 15.1. The average molecular weight is 289 g/mol. The number of rotatable bonds is 4. The lowest BCUT2D eigenvalue weighted by molar-refractivity contribution is -0.150. The van der Waals surface area contributed by atoms with Crippen LogP contribution in [0.15, 0.2) is 24.5 Å². The lowest BCUT2D eigenvalue weighted by atomic mass is 9.82. The van der Waals surface area contributed by atoms with Crippen LogP contribution in [0, 0.1) is 23.7 Å². The quantitative estimate of drug-likeness (QED) is 0.836. The van der Waals surface area contributed by atoms with Gasteiger partial charge in [0.15, 0.2) is 0 Å². The number of aromatic nitrogens is 2. The van der Waals surface area contributed by atoms with E-state index in [0.29, 0.717) is 6.54 Å². The van der Waals surface area contributed by atoms with Gasteiger partial charge in [0.1, 0.15) is 5.82 Å². The van der Waals surface area contributed by atoms with E-state index in [9.17, 15) is 14.7 Å². The van der Waals surface area contributed by atoms with Crippen molar-refractivity contribution in [2.24, 2.45) is 30.7 Å². The van der Waals surface area contributed by atoms with Crippen LogP contribution in [0.3, 0.4) is 0 Å². The van der Waals surface area contributed by atoms with E-state index in [1.807, 2.05) is 30.0 Å². The smallest absolute Gasteiger partial charge is 0.307 e. The van der Waals surface area contributed by atoms with Crippen molar-refractivity contribution in [1.29, 1.82) is 0 Å². The minimum atomic E-state index is -0.865. The molecule has 0 radical (unpaired) electrons. The molecule has 0 aromatic carbocycles. The van der Waals surface area contributed by atoms with E-state index in [1.54, 1.807) is 18.1 Å². The van der Waals surface area contributed by atoms with Crippen molar-refractivity contribution in [2.45, 2.75) is 13.0 Å². The van der Waals surface area contributed by atoms with Gasteiger partial charge in [-0.05, 0) is 18.3 Å². The Morgan fingerprint density at radius 3 is 2.62 bits per heavy atom. The Morgan fingerprint density at radius 2 is 2.05 bits per heavy atom. The number of nitrogens with zero attached hydrogens (tertiary/aromatic N) is 3. The van der Waals surface area contributed by atoms with E-state index in [0.717, 1.165) is 12.2 Å². The van der Waals surface area contributed by atoms with Crippen LogP contribution in [-0.2, 0) is 23.2 Å². The van der Waals surface area contributed by atoms with Gasteiger partial charge in [-0.3, -0.25) is 9.59 Å². The van der Waals surface area contributed by atoms with Gasteiger partial charge in [-0.1, -0.05) is 12.2 Å². The molecule has 3 rings (SSSR count). The van der Waals surface area contributed by atoms with E-state index < -0.39 is 17.8 Å². The minimum Gasteiger partial charge on any atom is -0.481 e. The van der Waals surface area contributed by atoms with Crippen LogP contribution >= 0.6 is 0 Å². The van der Waals surface area contributed by atoms with E-state index in [4.69, 9.17) is 0 Å². The first-order valence-electron chi connectivity index (χ1n) is 7.11. The molecule has 0 saturated heterocycles. The molecule has 0 spiro atoms. The summed E-state index contributed by atoms with van der Waals surface area (Å²) in [4.78, 5) is 30.0. The summed E-state index contributed by atoms with van der Waals surface area (Å²) in [5, 5.41) is 9.42. The molecule has 4 atom stereocenters. The van der Waals surface area contributed by atoms with Gasteiger partial charge in [0.2, 0.25) is 5.91 Å². The summed E-state index contributed by atoms with van der Waals surface area (Å²) < 4.78 is 1.86. The highest BCUT2D eigenvalue weighted by atomic mass is 16.4. The summed E-state index contributed by atoms with van der Waals surface area (Å²) in [6.07, 6.45) is 8.25. The highest BCUT2D eigenvalue weighted by molar-refractivity contribution is 5.86. The molecule has 0 aliphatic heterocycles. The highest BCUT2D eigenvalue weighted by Gasteiger charge is 2.52. The van der Waals surface area contributed by atoms with E-state index >= 15 is 0 Å². The predicted molar refractivity (Wildman–Crippen MR) is 75.0 cm³/mol. The molecule has 2 aliphatic rings. The van der Waals surface area contributed by atoms with Crippen molar-refractivity contribution in [2.75, 3.05) is 7.05 Å². The lowest BCUT2D eigenvalue weighted by Gasteiger charge is -2.28. The third-order valence-electron chi connectivity index (χ3n) is 4.71. The Kier molecular flexibility index (Phi) is 3.31. The second-order valence-electron chi connectivity index (χ2n) is 5.99. The third kappa shape index (κ3) is 2.24. The zero-order valence-electron chi connectivity index (χ0n) is 12.1. The van der Waals surface area contributed by atoms with Crippen LogP contribution in [0.25, 0.3) is 0 Å². The molecule has 2 bridgehead atoms. The molecule has 1 fully saturated rings. The van der Waals surface area contributed by atoms with Crippen molar-refractivity contribution >= 4 is 11.9 Å². The summed E-state index contributed by atoms with van der Waals surface area (Å²) in [5.41, 5.74) is 0. The number of carboxylic acid groups (broad SMARTS) is 1. The van der Waals surface area contributed by atoms with Crippen LogP contribution in [0.5, 0.6) is 0 Å². The van der Waals surface area contributed by atoms with Gasteiger partial charge in [-0.2, -0.15) is 0 Å². The second kappa shape index (κ2) is 5.02. The first kappa shape index (κ1) is 13.9. The van der Waals surface area contributed by atoms with Crippen LogP contribution in [-0.4, -0.2) is 38.5 Å². The number of aliphatic carboxylic acids is 1. The molecule has 6 nitrogen and oxygen atoms in total. The maximum atomic E-state index is 12.7. The SMILES string of the molecule is CN(Cc1nccn1C)C(=O)[C@H]1C2C=CC(C2)[C@H]1C(=O)O. The topological polar surface area (TPSA) is 75.4 Å². The molecule has 1 N–H and O–H groups in total. The van der Waals surface area contributed by atoms with Gasteiger partial charge >= 0.3 is 5.97 Å². The van der Waals surface area contributed by atoms with Crippen molar-refractivity contribution in [1.82, 2.24) is 14.5 Å². The monoisotopic (exact) mass is 289 g/mol. The number of amides is 1. The molecule has 112 valence electrons. The standard InChI is InChI=1S/C15H19N3O3/c1-17-6-5-16-11(17)8-18(2)14(19)12-9-3-4-10(7-9)13(12)15(20)21/h3-6,9-10,12-13H,7-8H2,1-2H3,(H,20,21)/t9?,10?,12-,13+/m0/s1. The number of hydrogen-bond donors (Lipinski definition) is 1. The van der Waals surface area contributed by atoms with Crippen molar-refractivity contribution in [3.05, 3.63) is 30.4 Å². The molecule has 1 saturated carbocycles. The predicted octanol–water partition coefficient (Wildman–Crippen LogP) is 0.901. The Balaban J connectivity index is 1.76. The van der Waals surface area contributed by atoms with Crippen LogP contribution in [0.2, 0.25) is 0 Å². The summed E-state index contributed by atoms with van der Waals surface area (Å²) in [5.74, 6) is -1.14. The molecule has 1 amide bonds. The summed E-state index contributed by atoms with van der Waals surface area (Å²) >= 11 is 0. The fraction of sp³-hybridized carbons (Fsp3) is 0.533. The summed E-state index contributed by atoms with van der Waals surface area (Å²) in [7, 11) is 3.59. The fourth-order valence-corrected chi connectivity index (χ4v) is 3.59. The average Bonchev–Trinajstić information content (AvgIpc) is 3.13. The number of carbonyl (C=O) groups excluding carboxylic acids is 1. The molecule has 21 heavy (non-hydrogen) atoms. The van der Waals surface area contributed by atoms with E-state index in [1.165, 1.54) is 0 Å². The number of aryl methyl sites for hydroxylation is 1. The largest absolute Gasteiger partial charge is 0.481 e. The number of carboxylic acids is 1. The van der Waals surface area contributed by atoms with Gasteiger partial charge in [-0.25, -0.2) is 4.98 Å². The maximum Gasteiger partial charge on any atom is 0.307 e. The van der Waals surface area contributed by atoms with Gasteiger partial charge in [0.05, 0.1) is 18.4 Å². The number of carbonyl (C=O) groups is 2. The Morgan fingerprint density at radius 1 is 1.38 bits per heavy atom. The van der Waals surface area contributed by atoms with Gasteiger partial charge in [0, 0.05) is 26.5 Å². The molecular formula is C15H19N3O3. The van der Waals surface area contributed by atoms with Crippen molar-refractivity contribution < 1.29 is 14.7 Å². The first-order valence-corrected chi connectivity index (χ1v) is 7.11. The molecule has 2 unspecified atom stereocenters. The molecule has 6 heteroatoms. The van der Waals surface area contributed by atoms with Crippen LogP contribution in [0.1, 0.15) is 12.2 Å². The molecule has 1 aromatic heterocycles. The van der Waals surface area contributed by atoms with Gasteiger partial charge < -0.3 is 14.6 Å². The normalized spacial score (nSPS) is 29.8. The van der Waals surface area contributed by atoms with Crippen LogP contribution in [0.4, 0.5) is 0 Å². The molecule has 1 heterocycles. The number of imidazole rings is 1. The fourth-order valence-electron chi connectivity index (χ4n) is 3.59. The summed E-state index contributed by atoms with van der Waals surface area (Å²) in [6.45, 7) is 0.395. The molecule has 2 aliphatic carbocycles. The van der Waals surface area contributed by atoms with Crippen molar-refractivity contribution in [3.8, 4) is 0 Å². The highest BCUT2D eigenvalue weighted by Crippen LogP contribution is 2.48. The van der Waals surface area contributed by atoms with Crippen LogP contribution < -0.4 is 0 Å². The van der Waals surface area contributed by atoms with Gasteiger partial charge in [0.25, 0.3) is 0 Å². The molecule has 1 aromatic rings. The lowest BCUT2D eigenvalue weighted by Crippen LogP contribution is -2.41. The Labute approximate surface area is 123 Å². The first-order chi connectivity index (χ1) is 9.99. The maximum absolute atomic E-state index is 12.7. The zero-order valence-corrected chi connectivity index (χ0v) is 12.1. The second-order valence-corrected chi connectivity index (χ2v) is 5.99. The third-order valence-corrected chi connectivity index (χ3v) is 4.71. The van der Waals surface area contributed by atoms with Crippen molar-refractivity contribution in [3.63, 3.8) is 0 Å². The summed E-state index contributed by atoms with van der Waals surface area (Å²) in [6, 6.07) is 0. The minimum absolute atomic E-state index is 0.00279. The number of allylic oxidation sites excluding steroid dienone is 2. The Hall–Kier alpha value is -2.11. The molecular weight excluding hydrogens is 270 g/mol. The van der Waals surface area contributed by atoms with E-state index in [-0.39, 0.29) is 17.7 Å². The number of fused-ring (bicyclic) bond motifs is 2. The van der Waals surface area contributed by atoms with E-state index in [2.05, 4.69) is 4.98 Å². The van der Waals surface area contributed by atoms with Gasteiger partial charge in [-0.15, -0.1) is 0 Å².